The van der Waals surface area contributed by atoms with Crippen molar-refractivity contribution in [1.29, 1.82) is 10.5 Å². The molecule has 72 valence electrons. The van der Waals surface area contributed by atoms with Crippen molar-refractivity contribution in [1.82, 2.24) is 0 Å². The van der Waals surface area contributed by atoms with Crippen molar-refractivity contribution >= 4 is 8.74 Å². The zero-order chi connectivity index (χ0) is 10.5. The third kappa shape index (κ3) is 4.00. The molecule has 0 saturated carbocycles. The quantitative estimate of drug-likeness (QED) is 0.520. The Morgan fingerprint density at radius 3 is 2.23 bits per heavy atom. The van der Waals surface area contributed by atoms with Crippen LogP contribution in [0.25, 0.3) is 0 Å². The van der Waals surface area contributed by atoms with Crippen LogP contribution in [0.15, 0.2) is 0 Å². The summed E-state index contributed by atoms with van der Waals surface area (Å²) in [4.78, 5) is 0. The van der Waals surface area contributed by atoms with E-state index in [1.807, 2.05) is 12.1 Å². The molecular weight excluding hydrogens is 190 g/mol. The van der Waals surface area contributed by atoms with E-state index < -0.39 is 20.2 Å². The van der Waals surface area contributed by atoms with Crippen LogP contribution in [0, 0.1) is 28.6 Å². The normalized spacial score (nSPS) is 15.5. The standard InChI is InChI=1S/C8H12F2N2Si/c1-7(6-12)8(4-3-5-11)13(2,9)10/h7-8H,3-4H2,1-2H3. The van der Waals surface area contributed by atoms with Gasteiger partial charge in [-0.2, -0.15) is 10.5 Å². The Morgan fingerprint density at radius 1 is 1.38 bits per heavy atom. The van der Waals surface area contributed by atoms with Gasteiger partial charge >= 0.3 is 8.74 Å². The van der Waals surface area contributed by atoms with Gasteiger partial charge in [-0.15, -0.1) is 0 Å². The first kappa shape index (κ1) is 12.1. The van der Waals surface area contributed by atoms with Gasteiger partial charge in [-0.25, -0.2) is 0 Å². The van der Waals surface area contributed by atoms with Crippen molar-refractivity contribution in [2.24, 2.45) is 5.92 Å². The largest absolute Gasteiger partial charge is 0.426 e. The molecule has 0 heterocycles. The Labute approximate surface area is 78.1 Å². The first-order chi connectivity index (χ1) is 5.93. The Kier molecular flexibility index (Phi) is 4.57. The van der Waals surface area contributed by atoms with Gasteiger partial charge in [0.2, 0.25) is 0 Å². The minimum atomic E-state index is -4.28. The summed E-state index contributed by atoms with van der Waals surface area (Å²) in [5, 5.41) is 16.8. The molecule has 0 aromatic rings. The SMILES string of the molecule is CC(C#N)C(CCC#N)[Si](C)(F)F. The van der Waals surface area contributed by atoms with Gasteiger partial charge in [-0.3, -0.25) is 8.22 Å². The van der Waals surface area contributed by atoms with Gasteiger partial charge in [0.05, 0.1) is 12.1 Å². The van der Waals surface area contributed by atoms with Crippen LogP contribution < -0.4 is 0 Å². The van der Waals surface area contributed by atoms with Crippen molar-refractivity contribution < 1.29 is 8.22 Å². The van der Waals surface area contributed by atoms with Gasteiger partial charge in [0.25, 0.3) is 0 Å². The zero-order valence-electron chi connectivity index (χ0n) is 7.72. The van der Waals surface area contributed by atoms with Crippen LogP contribution in [0.4, 0.5) is 8.22 Å². The maximum atomic E-state index is 13.0. The highest BCUT2D eigenvalue weighted by atomic mass is 28.4. The molecule has 0 bridgehead atoms. The van der Waals surface area contributed by atoms with Crippen molar-refractivity contribution in [3.63, 3.8) is 0 Å². The van der Waals surface area contributed by atoms with Crippen molar-refractivity contribution in [2.75, 3.05) is 0 Å². The molecule has 0 aliphatic heterocycles. The molecule has 0 N–H and O–H groups in total. The summed E-state index contributed by atoms with van der Waals surface area (Å²) in [6.07, 6.45) is 0.244. The topological polar surface area (TPSA) is 47.6 Å². The van der Waals surface area contributed by atoms with Crippen LogP contribution in [-0.2, 0) is 0 Å². The lowest BCUT2D eigenvalue weighted by Gasteiger charge is -2.21. The highest BCUT2D eigenvalue weighted by Gasteiger charge is 2.42. The van der Waals surface area contributed by atoms with Gasteiger partial charge < -0.3 is 0 Å². The second-order valence-corrected chi connectivity index (χ2v) is 5.83. The van der Waals surface area contributed by atoms with E-state index in [0.29, 0.717) is 0 Å². The maximum absolute atomic E-state index is 13.0. The molecule has 0 amide bonds. The second kappa shape index (κ2) is 4.93. The van der Waals surface area contributed by atoms with E-state index in [-0.39, 0.29) is 12.8 Å². The Bertz CT molecular complexity index is 236. The summed E-state index contributed by atoms with van der Waals surface area (Å²) in [5.74, 6) is -0.653. The maximum Gasteiger partial charge on any atom is 0.426 e. The highest BCUT2D eigenvalue weighted by molar-refractivity contribution is 6.66. The van der Waals surface area contributed by atoms with Crippen LogP contribution in [-0.4, -0.2) is 8.74 Å². The number of nitrogens with zero attached hydrogens (tertiary/aromatic N) is 2. The first-order valence-electron chi connectivity index (χ1n) is 4.08. The summed E-state index contributed by atoms with van der Waals surface area (Å²) in [6, 6.07) is 3.65. The predicted molar refractivity (Wildman–Crippen MR) is 47.2 cm³/mol. The van der Waals surface area contributed by atoms with Crippen LogP contribution in [0.1, 0.15) is 19.8 Å². The Hall–Kier alpha value is -0.943. The Morgan fingerprint density at radius 2 is 1.92 bits per heavy atom. The molecule has 0 aromatic carbocycles. The monoisotopic (exact) mass is 202 g/mol. The molecule has 0 radical (unpaired) electrons. The highest BCUT2D eigenvalue weighted by Crippen LogP contribution is 2.35. The lowest BCUT2D eigenvalue weighted by molar-refractivity contribution is 0.487. The molecule has 0 fully saturated rings. The fourth-order valence-electron chi connectivity index (χ4n) is 1.25. The van der Waals surface area contributed by atoms with E-state index in [1.165, 1.54) is 6.92 Å². The van der Waals surface area contributed by atoms with E-state index >= 15 is 0 Å². The molecule has 0 aromatic heterocycles. The first-order valence-corrected chi connectivity index (χ1v) is 6.41. The second-order valence-electron chi connectivity index (χ2n) is 3.18. The molecule has 0 aliphatic carbocycles. The lowest BCUT2D eigenvalue weighted by atomic mass is 10.1. The number of hydrogen-bond acceptors (Lipinski definition) is 2. The van der Waals surface area contributed by atoms with E-state index in [0.717, 1.165) is 6.55 Å². The van der Waals surface area contributed by atoms with Gasteiger partial charge in [0.1, 0.15) is 0 Å². The fraction of sp³-hybridized carbons (Fsp3) is 0.750. The van der Waals surface area contributed by atoms with Crippen molar-refractivity contribution in [2.45, 2.75) is 31.9 Å². The Balaban J connectivity index is 4.41. The zero-order valence-corrected chi connectivity index (χ0v) is 8.72. The number of hydrogen-bond donors (Lipinski definition) is 0. The summed E-state index contributed by atoms with van der Waals surface area (Å²) in [6.45, 7) is 2.43. The predicted octanol–water partition coefficient (Wildman–Crippen LogP) is 2.83. The molecule has 0 saturated heterocycles. The summed E-state index contributed by atoms with van der Waals surface area (Å²) in [7, 11) is -4.28. The molecule has 2 nitrogen and oxygen atoms in total. The van der Waals surface area contributed by atoms with Crippen molar-refractivity contribution in [3.8, 4) is 12.1 Å². The average molecular weight is 202 g/mol. The van der Waals surface area contributed by atoms with Gasteiger partial charge in [-0.1, -0.05) is 0 Å². The molecule has 0 spiro atoms. The number of rotatable bonds is 4. The molecular formula is C8H12F2N2Si. The summed E-state index contributed by atoms with van der Waals surface area (Å²) < 4.78 is 26.1. The number of nitriles is 2. The average Bonchev–Trinajstić information content (AvgIpc) is 2.02. The summed E-state index contributed by atoms with van der Waals surface area (Å²) >= 11 is 0. The minimum Gasteiger partial charge on any atom is -0.270 e. The third-order valence-electron chi connectivity index (χ3n) is 2.03. The minimum absolute atomic E-state index is 0.104. The summed E-state index contributed by atoms with van der Waals surface area (Å²) in [5.41, 5.74) is -0.878. The van der Waals surface area contributed by atoms with Crippen LogP contribution in [0.2, 0.25) is 12.1 Å². The van der Waals surface area contributed by atoms with E-state index in [4.69, 9.17) is 10.5 Å². The fourth-order valence-corrected chi connectivity index (χ4v) is 2.86. The molecule has 0 aliphatic rings. The molecule has 2 atom stereocenters. The van der Waals surface area contributed by atoms with Gasteiger partial charge in [0, 0.05) is 17.9 Å². The number of halogens is 2. The smallest absolute Gasteiger partial charge is 0.270 e. The molecule has 0 rings (SSSR count). The lowest BCUT2D eigenvalue weighted by Crippen LogP contribution is -2.29. The molecule has 13 heavy (non-hydrogen) atoms. The molecule has 5 heteroatoms. The van der Waals surface area contributed by atoms with Gasteiger partial charge in [-0.05, 0) is 19.9 Å². The molecule has 2 unspecified atom stereocenters. The third-order valence-corrected chi connectivity index (χ3v) is 4.12. The van der Waals surface area contributed by atoms with E-state index in [1.54, 1.807) is 0 Å². The van der Waals surface area contributed by atoms with Gasteiger partial charge in [0.15, 0.2) is 0 Å². The van der Waals surface area contributed by atoms with Crippen LogP contribution in [0.3, 0.4) is 0 Å². The van der Waals surface area contributed by atoms with Crippen molar-refractivity contribution in [3.05, 3.63) is 0 Å². The van der Waals surface area contributed by atoms with Crippen LogP contribution >= 0.6 is 0 Å². The van der Waals surface area contributed by atoms with E-state index in [9.17, 15) is 8.22 Å². The van der Waals surface area contributed by atoms with Crippen LogP contribution in [0.5, 0.6) is 0 Å². The van der Waals surface area contributed by atoms with E-state index in [2.05, 4.69) is 0 Å².